The maximum Gasteiger partial charge on any atom is 0.261 e. The van der Waals surface area contributed by atoms with E-state index in [1.54, 1.807) is 12.1 Å². The zero-order valence-corrected chi connectivity index (χ0v) is 18.4. The number of halogens is 1. The smallest absolute Gasteiger partial charge is 0.261 e. The first-order chi connectivity index (χ1) is 13.9. The molecule has 3 aliphatic rings. The second kappa shape index (κ2) is 8.20. The molecule has 29 heavy (non-hydrogen) atoms. The Labute approximate surface area is 179 Å². The van der Waals surface area contributed by atoms with Gasteiger partial charge in [0.1, 0.15) is 5.75 Å². The molecule has 1 aromatic carbocycles. The molecule has 2 aliphatic heterocycles. The topological polar surface area (TPSA) is 65.1 Å². The molecule has 1 aliphatic carbocycles. The molecule has 0 bridgehead atoms. The zero-order chi connectivity index (χ0) is 20.6. The summed E-state index contributed by atoms with van der Waals surface area (Å²) >= 11 is 3.53. The van der Waals surface area contributed by atoms with Crippen LogP contribution in [0.15, 0.2) is 33.8 Å². The van der Waals surface area contributed by atoms with E-state index in [4.69, 9.17) is 14.2 Å². The molecule has 1 saturated heterocycles. The van der Waals surface area contributed by atoms with Gasteiger partial charge in [-0.3, -0.25) is 9.59 Å². The fourth-order valence-electron chi connectivity index (χ4n) is 4.26. The molecule has 0 saturated carbocycles. The highest BCUT2D eigenvalue weighted by Gasteiger charge is 2.42. The summed E-state index contributed by atoms with van der Waals surface area (Å²) in [7, 11) is 0. The Morgan fingerprint density at radius 3 is 2.34 bits per heavy atom. The molecule has 1 aromatic rings. The Morgan fingerprint density at radius 1 is 1.14 bits per heavy atom. The van der Waals surface area contributed by atoms with Gasteiger partial charge >= 0.3 is 0 Å². The first kappa shape index (κ1) is 20.6. The van der Waals surface area contributed by atoms with Crippen molar-refractivity contribution in [1.29, 1.82) is 0 Å². The lowest BCUT2D eigenvalue weighted by molar-refractivity contribution is -0.201. The summed E-state index contributed by atoms with van der Waals surface area (Å²) in [5, 5.41) is 0. The highest BCUT2D eigenvalue weighted by molar-refractivity contribution is 9.10. The number of ether oxygens (including phenoxy) is 3. The van der Waals surface area contributed by atoms with E-state index >= 15 is 0 Å². The number of hydrogen-bond acceptors (Lipinski definition) is 5. The lowest BCUT2D eigenvalue weighted by Gasteiger charge is -2.32. The van der Waals surface area contributed by atoms with Gasteiger partial charge in [-0.2, -0.15) is 0 Å². The van der Waals surface area contributed by atoms with Crippen LogP contribution in [0.25, 0.3) is 0 Å². The number of hydrogen-bond donors (Lipinski definition) is 0. The number of rotatable bonds is 6. The van der Waals surface area contributed by atoms with Crippen molar-refractivity contribution in [2.75, 3.05) is 18.1 Å². The van der Waals surface area contributed by atoms with Crippen LogP contribution in [0.3, 0.4) is 0 Å². The maximum atomic E-state index is 12.9. The number of carbonyl (C=O) groups is 2. The molecule has 2 amide bonds. The minimum atomic E-state index is -0.814. The van der Waals surface area contributed by atoms with Crippen LogP contribution in [0.5, 0.6) is 5.75 Å². The summed E-state index contributed by atoms with van der Waals surface area (Å²) < 4.78 is 18.7. The van der Waals surface area contributed by atoms with Crippen LogP contribution in [0, 0.1) is 0 Å². The van der Waals surface area contributed by atoms with Crippen LogP contribution in [0.1, 0.15) is 52.4 Å². The van der Waals surface area contributed by atoms with Gasteiger partial charge in [0, 0.05) is 17.2 Å². The van der Waals surface area contributed by atoms with E-state index in [1.807, 2.05) is 13.0 Å². The largest absolute Gasteiger partial charge is 0.484 e. The molecule has 2 heterocycles. The average Bonchev–Trinajstić information content (AvgIpc) is 3.27. The molecule has 0 N–H and O–H groups in total. The molecule has 0 radical (unpaired) electrons. The van der Waals surface area contributed by atoms with Crippen molar-refractivity contribution in [3.05, 3.63) is 33.8 Å². The van der Waals surface area contributed by atoms with Crippen LogP contribution >= 0.6 is 15.9 Å². The second-order valence-corrected chi connectivity index (χ2v) is 8.69. The van der Waals surface area contributed by atoms with Gasteiger partial charge in [-0.15, -0.1) is 0 Å². The minimum Gasteiger partial charge on any atom is -0.484 e. The van der Waals surface area contributed by atoms with Gasteiger partial charge in [0.05, 0.1) is 23.4 Å². The molecule has 7 heteroatoms. The number of amides is 2. The summed E-state index contributed by atoms with van der Waals surface area (Å²) in [4.78, 5) is 27.1. The maximum absolute atomic E-state index is 12.9. The standard InChI is InChI=1S/C22H26BrNO5/c1-3-6-19(22(2)27-11-12-28-22)29-18-13-14(9-10-17(18)23)24-20(25)15-7-4-5-8-16(15)21(24)26/h9-10,13,19H,3-8,11-12H2,1-2H3. The summed E-state index contributed by atoms with van der Waals surface area (Å²) in [6, 6.07) is 5.33. The van der Waals surface area contributed by atoms with Crippen LogP contribution in [0.4, 0.5) is 5.69 Å². The summed E-state index contributed by atoms with van der Waals surface area (Å²) in [5.41, 5.74) is 1.88. The van der Waals surface area contributed by atoms with Crippen molar-refractivity contribution in [2.45, 2.75) is 64.3 Å². The molecule has 1 atom stereocenters. The van der Waals surface area contributed by atoms with E-state index in [1.165, 1.54) is 4.90 Å². The Morgan fingerprint density at radius 2 is 1.76 bits per heavy atom. The predicted molar refractivity (Wildman–Crippen MR) is 112 cm³/mol. The molecule has 0 aromatic heterocycles. The number of nitrogens with zero attached hydrogens (tertiary/aromatic N) is 1. The average molecular weight is 464 g/mol. The molecule has 0 spiro atoms. The van der Waals surface area contributed by atoms with Crippen molar-refractivity contribution in [3.63, 3.8) is 0 Å². The fourth-order valence-corrected chi connectivity index (χ4v) is 4.60. The third-order valence-electron chi connectivity index (χ3n) is 5.83. The number of anilines is 1. The molecular formula is C22H26BrNO5. The fraction of sp³-hybridized carbons (Fsp3) is 0.545. The summed E-state index contributed by atoms with van der Waals surface area (Å²) in [5.74, 6) is -0.646. The van der Waals surface area contributed by atoms with Crippen LogP contribution in [0.2, 0.25) is 0 Å². The van der Waals surface area contributed by atoms with Gasteiger partial charge < -0.3 is 14.2 Å². The van der Waals surface area contributed by atoms with Crippen molar-refractivity contribution >= 4 is 33.4 Å². The normalized spacial score (nSPS) is 22.2. The molecule has 1 fully saturated rings. The summed E-state index contributed by atoms with van der Waals surface area (Å²) in [6.07, 6.45) is 4.63. The first-order valence-electron chi connectivity index (χ1n) is 10.3. The highest BCUT2D eigenvalue weighted by Crippen LogP contribution is 2.39. The predicted octanol–water partition coefficient (Wildman–Crippen LogP) is 4.50. The van der Waals surface area contributed by atoms with Gasteiger partial charge in [-0.25, -0.2) is 4.90 Å². The Hall–Kier alpha value is -1.70. The lowest BCUT2D eigenvalue weighted by atomic mass is 9.93. The molecular weight excluding hydrogens is 438 g/mol. The van der Waals surface area contributed by atoms with E-state index in [9.17, 15) is 9.59 Å². The van der Waals surface area contributed by atoms with Gasteiger partial charge in [-0.05, 0) is 67.1 Å². The highest BCUT2D eigenvalue weighted by atomic mass is 79.9. The van der Waals surface area contributed by atoms with E-state index in [0.717, 1.165) is 30.2 Å². The van der Waals surface area contributed by atoms with Crippen molar-refractivity contribution in [2.24, 2.45) is 0 Å². The Kier molecular flexibility index (Phi) is 5.82. The van der Waals surface area contributed by atoms with Crippen molar-refractivity contribution in [1.82, 2.24) is 0 Å². The first-order valence-corrected chi connectivity index (χ1v) is 11.1. The van der Waals surface area contributed by atoms with Gasteiger partial charge in [0.15, 0.2) is 6.10 Å². The Bertz CT molecular complexity index is 831. The van der Waals surface area contributed by atoms with Crippen molar-refractivity contribution in [3.8, 4) is 5.75 Å². The molecule has 156 valence electrons. The monoisotopic (exact) mass is 463 g/mol. The number of benzene rings is 1. The quantitative estimate of drug-likeness (QED) is 0.580. The van der Waals surface area contributed by atoms with E-state index in [-0.39, 0.29) is 17.9 Å². The number of imide groups is 1. The van der Waals surface area contributed by atoms with E-state index in [2.05, 4.69) is 22.9 Å². The molecule has 4 rings (SSSR count). The van der Waals surface area contributed by atoms with Gasteiger partial charge in [-0.1, -0.05) is 13.3 Å². The number of carbonyl (C=O) groups excluding carboxylic acids is 2. The van der Waals surface area contributed by atoms with Crippen LogP contribution in [-0.4, -0.2) is 36.9 Å². The van der Waals surface area contributed by atoms with Gasteiger partial charge in [0.2, 0.25) is 5.79 Å². The van der Waals surface area contributed by atoms with Crippen molar-refractivity contribution < 1.29 is 23.8 Å². The third kappa shape index (κ3) is 3.76. The Balaban J connectivity index is 1.61. The molecule has 1 unspecified atom stereocenters. The van der Waals surface area contributed by atoms with Crippen LogP contribution in [-0.2, 0) is 19.1 Å². The third-order valence-corrected chi connectivity index (χ3v) is 6.48. The van der Waals surface area contributed by atoms with E-state index < -0.39 is 5.79 Å². The van der Waals surface area contributed by atoms with Gasteiger partial charge in [0.25, 0.3) is 11.8 Å². The van der Waals surface area contributed by atoms with E-state index in [0.29, 0.717) is 48.6 Å². The minimum absolute atomic E-state index is 0.197. The summed E-state index contributed by atoms with van der Waals surface area (Å²) in [6.45, 7) is 5.05. The van der Waals surface area contributed by atoms with Crippen LogP contribution < -0.4 is 9.64 Å². The lowest BCUT2D eigenvalue weighted by Crippen LogP contribution is -2.44. The SMILES string of the molecule is CCCC(Oc1cc(N2C(=O)C3=C(CCCC3)C2=O)ccc1Br)C1(C)OCCO1. The zero-order valence-electron chi connectivity index (χ0n) is 16.8. The second-order valence-electron chi connectivity index (χ2n) is 7.83. The molecule has 6 nitrogen and oxygen atoms in total.